The molecule has 1 aliphatic rings. The molecule has 0 aliphatic carbocycles. The van der Waals surface area contributed by atoms with Gasteiger partial charge in [-0.1, -0.05) is 44.2 Å². The second-order valence-corrected chi connectivity index (χ2v) is 10.8. The lowest BCUT2D eigenvalue weighted by atomic mass is 9.99. The molecule has 4 atom stereocenters. The maximum Gasteiger partial charge on any atom is 0.305 e. The highest BCUT2D eigenvalue weighted by Crippen LogP contribution is 2.12. The second kappa shape index (κ2) is 16.1. The number of carbonyl (C=O) groups excluding carboxylic acids is 5. The Morgan fingerprint density at radius 1 is 0.977 bits per heavy atom. The number of aliphatic imine (C=N–C) groups is 1. The lowest BCUT2D eigenvalue weighted by molar-refractivity contribution is -0.148. The molecule has 15 heteroatoms. The van der Waals surface area contributed by atoms with Crippen LogP contribution < -0.4 is 27.4 Å². The maximum absolute atomic E-state index is 13.6. The van der Waals surface area contributed by atoms with Gasteiger partial charge in [-0.2, -0.15) is 0 Å². The predicted octanol–water partition coefficient (Wildman–Crippen LogP) is -1.83. The number of rotatable bonds is 9. The molecule has 0 saturated carbocycles. The third kappa shape index (κ3) is 10.6. The number of guanidine groups is 1. The zero-order valence-corrected chi connectivity index (χ0v) is 24.9. The Morgan fingerprint density at radius 3 is 2.19 bits per heavy atom. The molecule has 5 amide bonds. The SMILES string of the molecule is CC(C)[C@@H]1NC(=O)[C@@H](Cc2ccccc2)NC(=O)[C@H](CC(=O)O)N(C)C(=O)CN(C)C(=O)[C@H](CCCN=C(N)N)NC1=O. The van der Waals surface area contributed by atoms with Crippen molar-refractivity contribution >= 4 is 41.5 Å². The molecule has 0 unspecified atom stereocenters. The van der Waals surface area contributed by atoms with Crippen LogP contribution in [0, 0.1) is 5.92 Å². The zero-order chi connectivity index (χ0) is 32.3. The Kier molecular flexibility index (Phi) is 12.9. The molecule has 15 nitrogen and oxygen atoms in total. The number of carbonyl (C=O) groups is 6. The van der Waals surface area contributed by atoms with E-state index in [4.69, 9.17) is 11.5 Å². The molecule has 1 aromatic rings. The summed E-state index contributed by atoms with van der Waals surface area (Å²) in [5.41, 5.74) is 11.4. The molecule has 1 aliphatic heterocycles. The average molecular weight is 603 g/mol. The van der Waals surface area contributed by atoms with Gasteiger partial charge in [0.2, 0.25) is 29.5 Å². The Hall–Kier alpha value is -4.69. The van der Waals surface area contributed by atoms with Gasteiger partial charge in [-0.15, -0.1) is 0 Å². The smallest absolute Gasteiger partial charge is 0.305 e. The summed E-state index contributed by atoms with van der Waals surface area (Å²) in [6.45, 7) is 3.10. The summed E-state index contributed by atoms with van der Waals surface area (Å²) >= 11 is 0. The monoisotopic (exact) mass is 602 g/mol. The molecule has 1 heterocycles. The van der Waals surface area contributed by atoms with Gasteiger partial charge in [-0.3, -0.25) is 33.8 Å². The van der Waals surface area contributed by atoms with Crippen LogP contribution in [0.4, 0.5) is 0 Å². The van der Waals surface area contributed by atoms with Gasteiger partial charge in [0.05, 0.1) is 13.0 Å². The van der Waals surface area contributed by atoms with E-state index in [2.05, 4.69) is 20.9 Å². The number of carboxylic acid groups (broad SMARTS) is 1. The second-order valence-electron chi connectivity index (χ2n) is 10.8. The number of likely N-dealkylation sites (N-methyl/N-ethyl adjacent to an activating group) is 2. The first-order valence-electron chi connectivity index (χ1n) is 13.9. The number of carboxylic acids is 1. The number of aliphatic carboxylic acids is 1. The van der Waals surface area contributed by atoms with Crippen LogP contribution in [0.25, 0.3) is 0 Å². The van der Waals surface area contributed by atoms with Gasteiger partial charge in [-0.05, 0) is 24.3 Å². The van der Waals surface area contributed by atoms with Crippen LogP contribution in [-0.2, 0) is 35.2 Å². The molecule has 0 spiro atoms. The number of nitrogens with two attached hydrogens (primary N) is 2. The largest absolute Gasteiger partial charge is 0.481 e. The Bertz CT molecular complexity index is 1200. The first-order chi connectivity index (χ1) is 20.2. The van der Waals surface area contributed by atoms with Crippen molar-refractivity contribution in [2.75, 3.05) is 27.2 Å². The molecule has 1 saturated heterocycles. The summed E-state index contributed by atoms with van der Waals surface area (Å²) < 4.78 is 0. The Balaban J connectivity index is 2.54. The number of nitrogens with zero attached hydrogens (tertiary/aromatic N) is 3. The lowest BCUT2D eigenvalue weighted by Crippen LogP contribution is -2.59. The van der Waals surface area contributed by atoms with Crippen LogP contribution >= 0.6 is 0 Å². The van der Waals surface area contributed by atoms with Gasteiger partial charge in [0, 0.05) is 27.1 Å². The highest BCUT2D eigenvalue weighted by Gasteiger charge is 2.36. The highest BCUT2D eigenvalue weighted by molar-refractivity contribution is 5.98. The van der Waals surface area contributed by atoms with Crippen molar-refractivity contribution in [2.45, 2.75) is 63.7 Å². The van der Waals surface area contributed by atoms with E-state index in [9.17, 15) is 33.9 Å². The number of amides is 5. The summed E-state index contributed by atoms with van der Waals surface area (Å²) in [6.07, 6.45) is -0.287. The maximum atomic E-state index is 13.6. The van der Waals surface area contributed by atoms with Crippen molar-refractivity contribution in [1.82, 2.24) is 25.8 Å². The van der Waals surface area contributed by atoms with Crippen LogP contribution in [0.2, 0.25) is 0 Å². The fraction of sp³-hybridized carbons (Fsp3) is 0.536. The Morgan fingerprint density at radius 2 is 1.60 bits per heavy atom. The topological polar surface area (TPSA) is 230 Å². The molecule has 236 valence electrons. The highest BCUT2D eigenvalue weighted by atomic mass is 16.4. The standard InChI is InChI=1S/C28H42N8O7/c1-16(2)23-26(42)32-18(11-8-12-31-28(29)30)27(43)35(3)15-21(37)36(4)20(14-22(38)39)25(41)33-19(24(40)34-23)13-17-9-6-5-7-10-17/h5-7,9-10,16,18-20,23H,8,11-15H2,1-4H3,(H,32,42)(H,33,41)(H,34,40)(H,38,39)(H4,29,30,31)/t18-,19+,20-,23-/m0/s1. The van der Waals surface area contributed by atoms with Crippen molar-refractivity contribution in [3.05, 3.63) is 35.9 Å². The van der Waals surface area contributed by atoms with E-state index in [1.54, 1.807) is 44.2 Å². The molecular formula is C28H42N8O7. The van der Waals surface area contributed by atoms with Gasteiger partial charge in [0.1, 0.15) is 24.2 Å². The number of hydrogen-bond donors (Lipinski definition) is 6. The molecule has 2 rings (SSSR count). The molecular weight excluding hydrogens is 560 g/mol. The van der Waals surface area contributed by atoms with E-state index in [1.165, 1.54) is 14.1 Å². The fourth-order valence-electron chi connectivity index (χ4n) is 4.54. The number of nitrogens with one attached hydrogen (secondary N) is 3. The van der Waals surface area contributed by atoms with Gasteiger partial charge < -0.3 is 42.3 Å². The molecule has 0 radical (unpaired) electrons. The van der Waals surface area contributed by atoms with Crippen LogP contribution in [0.15, 0.2) is 35.3 Å². The van der Waals surface area contributed by atoms with Gasteiger partial charge in [0.25, 0.3) is 0 Å². The molecule has 8 N–H and O–H groups in total. The first-order valence-corrected chi connectivity index (χ1v) is 13.9. The van der Waals surface area contributed by atoms with Crippen LogP contribution in [0.5, 0.6) is 0 Å². The molecule has 0 bridgehead atoms. The molecule has 0 aromatic heterocycles. The van der Waals surface area contributed by atoms with E-state index in [1.807, 2.05) is 0 Å². The van der Waals surface area contributed by atoms with E-state index < -0.39 is 78.6 Å². The van der Waals surface area contributed by atoms with Crippen molar-refractivity contribution in [2.24, 2.45) is 22.4 Å². The minimum Gasteiger partial charge on any atom is -0.481 e. The summed E-state index contributed by atoms with van der Waals surface area (Å²) in [4.78, 5) is 84.7. The summed E-state index contributed by atoms with van der Waals surface area (Å²) in [5, 5.41) is 17.5. The fourth-order valence-corrected chi connectivity index (χ4v) is 4.54. The third-order valence-electron chi connectivity index (χ3n) is 7.00. The number of benzene rings is 1. The van der Waals surface area contributed by atoms with Crippen molar-refractivity contribution in [3.63, 3.8) is 0 Å². The van der Waals surface area contributed by atoms with Gasteiger partial charge in [0.15, 0.2) is 5.96 Å². The number of hydrogen-bond acceptors (Lipinski definition) is 7. The molecule has 43 heavy (non-hydrogen) atoms. The van der Waals surface area contributed by atoms with E-state index in [0.717, 1.165) is 9.80 Å². The minimum absolute atomic E-state index is 0.0247. The zero-order valence-electron chi connectivity index (χ0n) is 24.9. The van der Waals surface area contributed by atoms with E-state index in [0.29, 0.717) is 12.0 Å². The van der Waals surface area contributed by atoms with Crippen molar-refractivity contribution in [1.29, 1.82) is 0 Å². The van der Waals surface area contributed by atoms with Gasteiger partial charge in [-0.25, -0.2) is 0 Å². The van der Waals surface area contributed by atoms with Crippen LogP contribution in [-0.4, -0.2) is 108 Å². The van der Waals surface area contributed by atoms with E-state index >= 15 is 0 Å². The van der Waals surface area contributed by atoms with Crippen molar-refractivity contribution in [3.8, 4) is 0 Å². The molecule has 1 fully saturated rings. The minimum atomic E-state index is -1.49. The normalized spacial score (nSPS) is 22.7. The van der Waals surface area contributed by atoms with E-state index in [-0.39, 0.29) is 25.3 Å². The molecule has 1 aromatic carbocycles. The van der Waals surface area contributed by atoms with Gasteiger partial charge >= 0.3 is 5.97 Å². The summed E-state index contributed by atoms with van der Waals surface area (Å²) in [7, 11) is 2.60. The first kappa shape index (κ1) is 34.5. The predicted molar refractivity (Wildman–Crippen MR) is 157 cm³/mol. The van der Waals surface area contributed by atoms with Crippen LogP contribution in [0.1, 0.15) is 38.7 Å². The Labute approximate surface area is 250 Å². The third-order valence-corrected chi connectivity index (χ3v) is 7.00. The van der Waals surface area contributed by atoms with Crippen molar-refractivity contribution < 1.29 is 33.9 Å². The summed E-state index contributed by atoms with van der Waals surface area (Å²) in [5.74, 6) is -5.43. The summed E-state index contributed by atoms with van der Waals surface area (Å²) in [6, 6.07) is 3.91. The average Bonchev–Trinajstić information content (AvgIpc) is 2.94. The van der Waals surface area contributed by atoms with Crippen LogP contribution in [0.3, 0.4) is 0 Å². The lowest BCUT2D eigenvalue weighted by Gasteiger charge is -2.30. The quantitative estimate of drug-likeness (QED) is 0.106.